The molecule has 4 rings (SSSR count). The largest absolute Gasteiger partial charge is 0.503 e. The smallest absolute Gasteiger partial charge is 0.335 e. The van der Waals surface area contributed by atoms with E-state index in [1.165, 1.54) is 54.6 Å². The summed E-state index contributed by atoms with van der Waals surface area (Å²) in [6.45, 7) is 0. The predicted octanol–water partition coefficient (Wildman–Crippen LogP) is 4.71. The minimum Gasteiger partial charge on any atom is -0.503 e. The van der Waals surface area contributed by atoms with E-state index in [0.29, 0.717) is 0 Å². The highest BCUT2D eigenvalue weighted by Crippen LogP contribution is 2.41. The molecule has 0 fully saturated rings. The first-order valence-corrected chi connectivity index (χ1v) is 10.00. The monoisotopic (exact) mass is 443 g/mol. The third kappa shape index (κ3) is 4.29. The number of anilines is 1. The van der Waals surface area contributed by atoms with E-state index >= 15 is 0 Å². The average molecular weight is 443 g/mol. The molecule has 3 aromatic carbocycles. The van der Waals surface area contributed by atoms with E-state index in [-0.39, 0.29) is 22.4 Å². The number of aliphatic hydroxyl groups excluding tert-OH is 1. The molecule has 1 amide bonds. The number of halogens is 1. The van der Waals surface area contributed by atoms with Crippen LogP contribution >= 0.6 is 0 Å². The van der Waals surface area contributed by atoms with Crippen molar-refractivity contribution in [2.75, 3.05) is 4.90 Å². The van der Waals surface area contributed by atoms with Crippen molar-refractivity contribution >= 4 is 29.4 Å². The van der Waals surface area contributed by atoms with Gasteiger partial charge < -0.3 is 10.2 Å². The Morgan fingerprint density at radius 1 is 0.939 bits per heavy atom. The van der Waals surface area contributed by atoms with Gasteiger partial charge in [-0.25, -0.2) is 9.18 Å². The van der Waals surface area contributed by atoms with Crippen molar-refractivity contribution < 1.29 is 29.0 Å². The van der Waals surface area contributed by atoms with Crippen LogP contribution in [-0.4, -0.2) is 27.9 Å². The fourth-order valence-corrected chi connectivity index (χ4v) is 3.73. The van der Waals surface area contributed by atoms with Crippen molar-refractivity contribution in [3.05, 3.63) is 119 Å². The summed E-state index contributed by atoms with van der Waals surface area (Å²) < 4.78 is 14.1. The van der Waals surface area contributed by atoms with Gasteiger partial charge in [-0.15, -0.1) is 0 Å². The highest BCUT2D eigenvalue weighted by molar-refractivity contribution is 6.20. The Hall–Kier alpha value is -4.52. The molecular formula is C26H18FNO5. The Bertz CT molecular complexity index is 1310. The van der Waals surface area contributed by atoms with Gasteiger partial charge in [0.25, 0.3) is 5.91 Å². The van der Waals surface area contributed by atoms with Crippen LogP contribution in [0.2, 0.25) is 0 Å². The second-order valence-electron chi connectivity index (χ2n) is 7.36. The number of nitrogens with zero attached hydrogens (tertiary/aromatic N) is 1. The number of aliphatic hydroxyl groups is 1. The first-order valence-electron chi connectivity index (χ1n) is 10.00. The normalized spacial score (nSPS) is 16.0. The molecule has 2 N–H and O–H groups in total. The molecule has 0 radical (unpaired) electrons. The summed E-state index contributed by atoms with van der Waals surface area (Å²) in [6.07, 6.45) is 2.78. The first-order chi connectivity index (χ1) is 15.9. The van der Waals surface area contributed by atoms with Gasteiger partial charge in [-0.3, -0.25) is 14.5 Å². The van der Waals surface area contributed by atoms with Gasteiger partial charge in [0.2, 0.25) is 0 Å². The molecule has 1 heterocycles. The molecule has 1 atom stereocenters. The zero-order valence-electron chi connectivity index (χ0n) is 17.2. The number of ketones is 1. The van der Waals surface area contributed by atoms with Gasteiger partial charge in [-0.1, -0.05) is 54.6 Å². The molecule has 1 aliphatic rings. The van der Waals surface area contributed by atoms with E-state index in [4.69, 9.17) is 0 Å². The van der Waals surface area contributed by atoms with Crippen molar-refractivity contribution in [1.82, 2.24) is 0 Å². The zero-order valence-corrected chi connectivity index (χ0v) is 17.2. The summed E-state index contributed by atoms with van der Waals surface area (Å²) in [7, 11) is 0. The number of allylic oxidation sites excluding steroid dienone is 1. The summed E-state index contributed by atoms with van der Waals surface area (Å²) in [5.41, 5.74) is 0.837. The number of carbonyl (C=O) groups excluding carboxylic acids is 2. The lowest BCUT2D eigenvalue weighted by Crippen LogP contribution is -2.31. The molecule has 3 aromatic rings. The van der Waals surface area contributed by atoms with E-state index in [9.17, 15) is 29.0 Å². The van der Waals surface area contributed by atoms with Gasteiger partial charge in [-0.2, -0.15) is 0 Å². The SMILES string of the molecule is O=C(/C=C\c1ccccc1)C1=C(O)C(=O)N(c2cccc(C(=O)O)c2)[C@H]1c1cccc(F)c1. The summed E-state index contributed by atoms with van der Waals surface area (Å²) >= 11 is 0. The van der Waals surface area contributed by atoms with E-state index < -0.39 is 35.3 Å². The third-order valence-corrected chi connectivity index (χ3v) is 5.24. The lowest BCUT2D eigenvalue weighted by Gasteiger charge is -2.27. The van der Waals surface area contributed by atoms with Crippen molar-refractivity contribution in [2.24, 2.45) is 0 Å². The molecule has 7 heteroatoms. The van der Waals surface area contributed by atoms with Crippen LogP contribution < -0.4 is 4.90 Å². The number of benzene rings is 3. The van der Waals surface area contributed by atoms with E-state index in [1.807, 2.05) is 6.07 Å². The van der Waals surface area contributed by atoms with Gasteiger partial charge in [-0.05, 0) is 47.5 Å². The molecule has 6 nitrogen and oxygen atoms in total. The lowest BCUT2D eigenvalue weighted by atomic mass is 9.95. The van der Waals surface area contributed by atoms with Crippen molar-refractivity contribution in [1.29, 1.82) is 0 Å². The Morgan fingerprint density at radius 3 is 2.36 bits per heavy atom. The van der Waals surface area contributed by atoms with Crippen molar-refractivity contribution in [3.8, 4) is 0 Å². The Morgan fingerprint density at radius 2 is 1.67 bits per heavy atom. The van der Waals surface area contributed by atoms with Crippen LogP contribution in [0.15, 0.2) is 96.3 Å². The fourth-order valence-electron chi connectivity index (χ4n) is 3.73. The number of hydrogen-bond acceptors (Lipinski definition) is 4. The molecule has 0 aromatic heterocycles. The molecular weight excluding hydrogens is 425 g/mol. The molecule has 1 aliphatic heterocycles. The molecule has 33 heavy (non-hydrogen) atoms. The van der Waals surface area contributed by atoms with Crippen LogP contribution in [0.25, 0.3) is 6.08 Å². The topological polar surface area (TPSA) is 94.9 Å². The van der Waals surface area contributed by atoms with E-state index in [1.54, 1.807) is 30.3 Å². The predicted molar refractivity (Wildman–Crippen MR) is 120 cm³/mol. The minimum absolute atomic E-state index is 0.0819. The second-order valence-corrected chi connectivity index (χ2v) is 7.36. The number of carboxylic acid groups (broad SMARTS) is 1. The van der Waals surface area contributed by atoms with Gasteiger partial charge in [0.05, 0.1) is 17.2 Å². The number of carbonyl (C=O) groups is 3. The standard InChI is InChI=1S/C26H18FNO5/c27-19-10-4-8-17(14-19)23-22(21(29)13-12-16-6-2-1-3-7-16)24(30)25(31)28(23)20-11-5-9-18(15-20)26(32)33/h1-15,23,30H,(H,32,33)/b13-12-/t23-/m0/s1. The number of carboxylic acids is 1. The molecule has 0 unspecified atom stereocenters. The van der Waals surface area contributed by atoms with Crippen LogP contribution in [0.3, 0.4) is 0 Å². The maximum absolute atomic E-state index is 14.1. The molecule has 0 saturated carbocycles. The minimum atomic E-state index is -1.20. The highest BCUT2D eigenvalue weighted by Gasteiger charge is 2.44. The Labute approximate surface area is 188 Å². The van der Waals surface area contributed by atoms with Gasteiger partial charge in [0.1, 0.15) is 5.82 Å². The zero-order chi connectivity index (χ0) is 23.5. The Balaban J connectivity index is 1.82. The first kappa shape index (κ1) is 21.7. The number of aromatic carboxylic acids is 1. The molecule has 0 aliphatic carbocycles. The second kappa shape index (κ2) is 8.92. The number of amides is 1. The van der Waals surface area contributed by atoms with Gasteiger partial charge >= 0.3 is 5.97 Å². The number of hydrogen-bond donors (Lipinski definition) is 2. The highest BCUT2D eigenvalue weighted by atomic mass is 19.1. The number of rotatable bonds is 6. The Kier molecular flexibility index (Phi) is 5.87. The van der Waals surface area contributed by atoms with Crippen LogP contribution in [0, 0.1) is 5.82 Å². The fraction of sp³-hybridized carbons (Fsp3) is 0.0385. The summed E-state index contributed by atoms with van der Waals surface area (Å²) in [4.78, 5) is 38.7. The van der Waals surface area contributed by atoms with Gasteiger partial charge in [0, 0.05) is 5.69 Å². The van der Waals surface area contributed by atoms with Crippen LogP contribution in [0.1, 0.15) is 27.5 Å². The lowest BCUT2D eigenvalue weighted by molar-refractivity contribution is -0.117. The van der Waals surface area contributed by atoms with Gasteiger partial charge in [0.15, 0.2) is 11.5 Å². The quantitative estimate of drug-likeness (QED) is 0.538. The molecule has 0 saturated heterocycles. The van der Waals surface area contributed by atoms with Crippen LogP contribution in [0.5, 0.6) is 0 Å². The molecule has 0 spiro atoms. The summed E-state index contributed by atoms with van der Waals surface area (Å²) in [6, 6.07) is 18.7. The van der Waals surface area contributed by atoms with Crippen LogP contribution in [-0.2, 0) is 9.59 Å². The van der Waals surface area contributed by atoms with E-state index in [2.05, 4.69) is 0 Å². The summed E-state index contributed by atoms with van der Waals surface area (Å²) in [5.74, 6) is -4.07. The molecule has 0 bridgehead atoms. The maximum atomic E-state index is 14.1. The van der Waals surface area contributed by atoms with Crippen molar-refractivity contribution in [3.63, 3.8) is 0 Å². The summed E-state index contributed by atoms with van der Waals surface area (Å²) in [5, 5.41) is 20.0. The van der Waals surface area contributed by atoms with E-state index in [0.717, 1.165) is 10.5 Å². The van der Waals surface area contributed by atoms with Crippen LogP contribution in [0.4, 0.5) is 10.1 Å². The maximum Gasteiger partial charge on any atom is 0.335 e. The average Bonchev–Trinajstić information content (AvgIpc) is 3.09. The van der Waals surface area contributed by atoms with Crippen molar-refractivity contribution in [2.45, 2.75) is 6.04 Å². The molecule has 164 valence electrons. The third-order valence-electron chi connectivity index (χ3n) is 5.24.